The number of fused-ring (bicyclic) bond motifs is 2. The third-order valence-electron chi connectivity index (χ3n) is 12.1. The van der Waals surface area contributed by atoms with Crippen LogP contribution in [0.15, 0.2) is 78.0 Å². The summed E-state index contributed by atoms with van der Waals surface area (Å²) in [4.78, 5) is 58.5. The zero-order valence-electron chi connectivity index (χ0n) is 32.4. The van der Waals surface area contributed by atoms with E-state index in [0.29, 0.717) is 48.4 Å². The minimum absolute atomic E-state index is 0.0164. The number of para-hydroxylation sites is 1. The second-order valence-corrected chi connectivity index (χ2v) is 15.3. The Balaban J connectivity index is 0.951. The van der Waals surface area contributed by atoms with E-state index in [2.05, 4.69) is 43.7 Å². The molecule has 2 N–H and O–H groups in total. The van der Waals surface area contributed by atoms with Crippen LogP contribution >= 0.6 is 0 Å². The van der Waals surface area contributed by atoms with Gasteiger partial charge in [0.1, 0.15) is 11.8 Å². The second-order valence-electron chi connectivity index (χ2n) is 15.3. The summed E-state index contributed by atoms with van der Waals surface area (Å²) in [6.45, 7) is 2.82. The summed E-state index contributed by atoms with van der Waals surface area (Å²) in [5.41, 5.74) is 6.55. The number of carbonyl (C=O) groups excluding carboxylic acids is 3. The highest BCUT2D eigenvalue weighted by Gasteiger charge is 2.33. The van der Waals surface area contributed by atoms with Crippen LogP contribution in [0.5, 0.6) is 5.75 Å². The van der Waals surface area contributed by atoms with Gasteiger partial charge in [-0.3, -0.25) is 33.5 Å². The van der Waals surface area contributed by atoms with Crippen LogP contribution in [-0.4, -0.2) is 85.0 Å². The fourth-order valence-electron chi connectivity index (χ4n) is 9.06. The van der Waals surface area contributed by atoms with Crippen LogP contribution in [0.1, 0.15) is 61.6 Å². The van der Waals surface area contributed by atoms with Crippen molar-refractivity contribution in [1.29, 1.82) is 0 Å². The number of amides is 3. The maximum absolute atomic E-state index is 16.3. The monoisotopic (exact) mass is 785 g/mol. The molecule has 2 fully saturated rings. The van der Waals surface area contributed by atoms with Gasteiger partial charge in [0, 0.05) is 75.0 Å². The molecule has 1 unspecified atom stereocenters. The molecule has 0 spiro atoms. The molecule has 3 aromatic heterocycles. The highest BCUT2D eigenvalue weighted by Crippen LogP contribution is 2.42. The number of anilines is 1. The first-order valence-corrected chi connectivity index (χ1v) is 19.8. The maximum atomic E-state index is 16.3. The third-order valence-corrected chi connectivity index (χ3v) is 12.1. The second kappa shape index (κ2) is 15.1. The molecule has 0 bridgehead atoms. The molecule has 298 valence electrons. The number of rotatable bonds is 9. The predicted octanol–water partition coefficient (Wildman–Crippen LogP) is 5.30. The van der Waals surface area contributed by atoms with Gasteiger partial charge in [0.15, 0.2) is 5.82 Å². The number of ether oxygens (including phenoxy) is 1. The maximum Gasteiger partial charge on any atom is 0.329 e. The van der Waals surface area contributed by atoms with E-state index in [1.54, 1.807) is 46.9 Å². The van der Waals surface area contributed by atoms with Crippen molar-refractivity contribution in [2.45, 2.75) is 57.0 Å². The van der Waals surface area contributed by atoms with Crippen LogP contribution in [0.4, 0.5) is 10.1 Å². The van der Waals surface area contributed by atoms with Crippen molar-refractivity contribution < 1.29 is 23.5 Å². The Hall–Kier alpha value is -6.51. The standard InChI is InChI=1S/C43H44FN9O5/c1-49-41-33(6-3-7-34(41)53(43(49)57)35-10-11-37(54)47-42(35)56)50-19-13-26(14-20-50)27-8-9-29(36(23-27)58-2)32-24-31(39(44)40-30(32)12-16-45-40)28-5-4-18-51(25-28)38(55)15-21-52-22-17-46-48-52/h3,5-9,12,16-17,22-24,26,35,45H,4,10-11,13-15,18-21,25H2,1-2H3,(H,47,54,56). The number of nitrogens with one attached hydrogen (secondary N) is 2. The van der Waals surface area contributed by atoms with E-state index in [9.17, 15) is 19.2 Å². The number of aryl methyl sites for hydroxylation is 2. The number of imide groups is 1. The van der Waals surface area contributed by atoms with Crippen molar-refractivity contribution in [3.63, 3.8) is 0 Å². The number of hydrogen-bond donors (Lipinski definition) is 2. The molecule has 14 nitrogen and oxygen atoms in total. The minimum atomic E-state index is -0.741. The van der Waals surface area contributed by atoms with Gasteiger partial charge in [0.25, 0.3) is 0 Å². The van der Waals surface area contributed by atoms with Crippen molar-refractivity contribution in [2.75, 3.05) is 38.2 Å². The smallest absolute Gasteiger partial charge is 0.329 e. The lowest BCUT2D eigenvalue weighted by Crippen LogP contribution is -2.44. The van der Waals surface area contributed by atoms with Gasteiger partial charge >= 0.3 is 5.69 Å². The summed E-state index contributed by atoms with van der Waals surface area (Å²) in [6.07, 6.45) is 10.2. The van der Waals surface area contributed by atoms with Crippen molar-refractivity contribution in [3.8, 4) is 16.9 Å². The van der Waals surface area contributed by atoms with Crippen LogP contribution in [0.2, 0.25) is 0 Å². The van der Waals surface area contributed by atoms with Crippen molar-refractivity contribution in [3.05, 3.63) is 101 Å². The molecule has 3 aliphatic rings. The number of hydrogen-bond acceptors (Lipinski definition) is 8. The molecule has 0 radical (unpaired) electrons. The van der Waals surface area contributed by atoms with E-state index < -0.39 is 11.9 Å². The number of benzene rings is 3. The number of halogens is 1. The summed E-state index contributed by atoms with van der Waals surface area (Å²) in [5.74, 6) is -0.188. The average Bonchev–Trinajstić information content (AvgIpc) is 4.02. The van der Waals surface area contributed by atoms with Gasteiger partial charge in [-0.25, -0.2) is 9.18 Å². The molecule has 3 amide bonds. The molecule has 6 aromatic rings. The molecule has 6 heterocycles. The van der Waals surface area contributed by atoms with E-state index in [4.69, 9.17) is 4.74 Å². The normalized spacial score (nSPS) is 17.9. The molecular formula is C43H44FN9O5. The Kier molecular flexibility index (Phi) is 9.66. The van der Waals surface area contributed by atoms with Gasteiger partial charge in [0.05, 0.1) is 42.1 Å². The van der Waals surface area contributed by atoms with Gasteiger partial charge in [-0.2, -0.15) is 0 Å². The topological polar surface area (TPSA) is 152 Å². The first-order chi connectivity index (χ1) is 28.2. The molecule has 2 saturated heterocycles. The molecule has 0 aliphatic carbocycles. The fourth-order valence-corrected chi connectivity index (χ4v) is 9.06. The van der Waals surface area contributed by atoms with Crippen LogP contribution in [0, 0.1) is 5.82 Å². The van der Waals surface area contributed by atoms with Crippen molar-refractivity contribution in [1.82, 2.24) is 39.3 Å². The Bertz CT molecular complexity index is 2670. The van der Waals surface area contributed by atoms with Gasteiger partial charge in [-0.1, -0.05) is 29.5 Å². The lowest BCUT2D eigenvalue weighted by atomic mass is 9.87. The molecule has 9 rings (SSSR count). The largest absolute Gasteiger partial charge is 0.496 e. The number of methoxy groups -OCH3 is 1. The average molecular weight is 786 g/mol. The number of imidazole rings is 1. The number of piperidine rings is 2. The Morgan fingerprint density at radius 2 is 1.84 bits per heavy atom. The van der Waals surface area contributed by atoms with Crippen molar-refractivity contribution >= 4 is 50.9 Å². The number of nitrogens with zero attached hydrogens (tertiary/aromatic N) is 7. The SMILES string of the molecule is COc1cc(C2CCN(c3cccc4c3n(C)c(=O)n4C3CCC(=O)NC3=O)CC2)ccc1-c1cc(C2=CCCN(C(=O)CCn3ccnn3)C2)c(F)c2[nH]ccc12. The molecule has 15 heteroatoms. The van der Waals surface area contributed by atoms with Crippen LogP contribution in [0.3, 0.4) is 0 Å². The van der Waals surface area contributed by atoms with Gasteiger partial charge < -0.3 is 19.5 Å². The Morgan fingerprint density at radius 3 is 2.62 bits per heavy atom. The quantitative estimate of drug-likeness (QED) is 0.188. The minimum Gasteiger partial charge on any atom is -0.496 e. The zero-order valence-corrected chi connectivity index (χ0v) is 32.4. The van der Waals surface area contributed by atoms with E-state index in [1.165, 1.54) is 4.57 Å². The van der Waals surface area contributed by atoms with E-state index in [1.807, 2.05) is 36.4 Å². The summed E-state index contributed by atoms with van der Waals surface area (Å²) in [7, 11) is 3.39. The van der Waals surface area contributed by atoms with Crippen LogP contribution < -0.4 is 20.6 Å². The van der Waals surface area contributed by atoms with Crippen LogP contribution in [-0.2, 0) is 28.0 Å². The van der Waals surface area contributed by atoms with Gasteiger partial charge in [-0.15, -0.1) is 5.10 Å². The lowest BCUT2D eigenvalue weighted by molar-refractivity contribution is -0.136. The fraction of sp³-hybridized carbons (Fsp3) is 0.349. The molecule has 3 aliphatic heterocycles. The molecular weight excluding hydrogens is 742 g/mol. The van der Waals surface area contributed by atoms with Crippen molar-refractivity contribution in [2.24, 2.45) is 7.05 Å². The van der Waals surface area contributed by atoms with Crippen LogP contribution in [0.25, 0.3) is 38.6 Å². The zero-order chi connectivity index (χ0) is 40.1. The summed E-state index contributed by atoms with van der Waals surface area (Å²) >= 11 is 0. The lowest BCUT2D eigenvalue weighted by Gasteiger charge is -2.34. The molecule has 0 saturated carbocycles. The number of aromatic amines is 1. The first-order valence-electron chi connectivity index (χ1n) is 19.8. The number of aromatic nitrogens is 6. The van der Waals surface area contributed by atoms with E-state index in [-0.39, 0.29) is 48.5 Å². The number of H-pyrrole nitrogens is 1. The summed E-state index contributed by atoms with van der Waals surface area (Å²) in [6, 6.07) is 15.1. The highest BCUT2D eigenvalue weighted by atomic mass is 19.1. The predicted molar refractivity (Wildman–Crippen MR) is 217 cm³/mol. The van der Waals surface area contributed by atoms with Gasteiger partial charge in [0.2, 0.25) is 17.7 Å². The first kappa shape index (κ1) is 37.1. The Morgan fingerprint density at radius 1 is 1.00 bits per heavy atom. The third kappa shape index (κ3) is 6.53. The highest BCUT2D eigenvalue weighted by molar-refractivity contribution is 6.01. The Labute approximate surface area is 332 Å². The molecule has 58 heavy (non-hydrogen) atoms. The van der Waals surface area contributed by atoms with Gasteiger partial charge in [-0.05, 0) is 78.6 Å². The molecule has 3 aromatic carbocycles. The van der Waals surface area contributed by atoms with E-state index in [0.717, 1.165) is 64.8 Å². The van der Waals surface area contributed by atoms with E-state index >= 15 is 4.39 Å². The number of carbonyl (C=O) groups is 3. The molecule has 1 atom stereocenters. The summed E-state index contributed by atoms with van der Waals surface area (Å²) < 4.78 is 27.1. The summed E-state index contributed by atoms with van der Waals surface area (Å²) in [5, 5.41) is 10.9.